The number of carbonyl (C=O) groups is 1. The van der Waals surface area contributed by atoms with E-state index in [1.165, 1.54) is 0 Å². The lowest BCUT2D eigenvalue weighted by Crippen LogP contribution is -2.41. The summed E-state index contributed by atoms with van der Waals surface area (Å²) in [5.74, 6) is 1.17. The molecule has 0 fully saturated rings. The van der Waals surface area contributed by atoms with Crippen molar-refractivity contribution < 1.29 is 14.3 Å². The molecule has 0 aliphatic carbocycles. The molecule has 4 rings (SSSR count). The molecule has 28 heavy (non-hydrogen) atoms. The highest BCUT2D eigenvalue weighted by Gasteiger charge is 2.26. The van der Waals surface area contributed by atoms with Crippen molar-refractivity contribution in [2.24, 2.45) is 0 Å². The molecular weight excluding hydrogens is 354 g/mol. The van der Waals surface area contributed by atoms with Crippen molar-refractivity contribution in [1.29, 1.82) is 0 Å². The standard InChI is InChI=1S/C22H23N3O3/c1-14-8-9-15(2)25(14)18-11-10-16(12-20(18)27-3)24-22(26)21-13-23-17-6-4-5-7-19(17)28-21/h4-12,21,23H,13H2,1-3H3,(H,24,26). The lowest BCUT2D eigenvalue weighted by Gasteiger charge is -2.26. The highest BCUT2D eigenvalue weighted by atomic mass is 16.5. The van der Waals surface area contributed by atoms with Crippen LogP contribution in [0.5, 0.6) is 11.5 Å². The third-order valence-electron chi connectivity index (χ3n) is 4.89. The first-order chi connectivity index (χ1) is 13.6. The van der Waals surface area contributed by atoms with Crippen LogP contribution in [0.4, 0.5) is 11.4 Å². The number of aryl methyl sites for hydroxylation is 2. The maximum atomic E-state index is 12.7. The molecule has 6 nitrogen and oxygen atoms in total. The molecule has 144 valence electrons. The summed E-state index contributed by atoms with van der Waals surface area (Å²) in [6, 6.07) is 17.4. The van der Waals surface area contributed by atoms with Gasteiger partial charge in [-0.05, 0) is 50.2 Å². The Bertz CT molecular complexity index is 1010. The average molecular weight is 377 g/mol. The third kappa shape index (κ3) is 3.29. The molecule has 1 unspecified atom stereocenters. The van der Waals surface area contributed by atoms with Crippen LogP contribution >= 0.6 is 0 Å². The van der Waals surface area contributed by atoms with E-state index in [0.717, 1.165) is 22.8 Å². The Balaban J connectivity index is 1.53. The molecular formula is C22H23N3O3. The van der Waals surface area contributed by atoms with Crippen molar-refractivity contribution in [2.45, 2.75) is 20.0 Å². The number of carbonyl (C=O) groups excluding carboxylic acids is 1. The summed E-state index contributed by atoms with van der Waals surface area (Å²) in [6.07, 6.45) is -0.602. The van der Waals surface area contributed by atoms with Gasteiger partial charge in [-0.15, -0.1) is 0 Å². The van der Waals surface area contributed by atoms with Crippen molar-refractivity contribution >= 4 is 17.3 Å². The van der Waals surface area contributed by atoms with Gasteiger partial charge in [0.2, 0.25) is 0 Å². The molecule has 1 atom stereocenters. The number of methoxy groups -OCH3 is 1. The second-order valence-electron chi connectivity index (χ2n) is 6.81. The molecule has 2 aromatic carbocycles. The second kappa shape index (κ2) is 7.31. The largest absolute Gasteiger partial charge is 0.494 e. The van der Waals surface area contributed by atoms with E-state index in [1.54, 1.807) is 7.11 Å². The number of hydrogen-bond donors (Lipinski definition) is 2. The van der Waals surface area contributed by atoms with Gasteiger partial charge in [0.25, 0.3) is 5.91 Å². The number of aromatic nitrogens is 1. The fraction of sp³-hybridized carbons (Fsp3) is 0.227. The van der Waals surface area contributed by atoms with Crippen LogP contribution < -0.4 is 20.1 Å². The van der Waals surface area contributed by atoms with Crippen molar-refractivity contribution in [3.63, 3.8) is 0 Å². The van der Waals surface area contributed by atoms with Crippen LogP contribution in [0.2, 0.25) is 0 Å². The van der Waals surface area contributed by atoms with Crippen LogP contribution in [-0.2, 0) is 4.79 Å². The monoisotopic (exact) mass is 377 g/mol. The second-order valence-corrected chi connectivity index (χ2v) is 6.81. The molecule has 0 radical (unpaired) electrons. The predicted octanol–water partition coefficient (Wildman–Crippen LogP) is 3.91. The van der Waals surface area contributed by atoms with Gasteiger partial charge in [-0.3, -0.25) is 4.79 Å². The fourth-order valence-electron chi connectivity index (χ4n) is 3.47. The van der Waals surface area contributed by atoms with Gasteiger partial charge >= 0.3 is 0 Å². The number of benzene rings is 2. The Labute approximate surface area is 164 Å². The first kappa shape index (κ1) is 18.0. The molecule has 2 N–H and O–H groups in total. The topological polar surface area (TPSA) is 64.5 Å². The van der Waals surface area contributed by atoms with Gasteiger partial charge in [0.05, 0.1) is 25.0 Å². The van der Waals surface area contributed by atoms with E-state index in [0.29, 0.717) is 23.7 Å². The minimum absolute atomic E-state index is 0.204. The molecule has 0 saturated carbocycles. The number of ether oxygens (including phenoxy) is 2. The van der Waals surface area contributed by atoms with Gasteiger partial charge in [0.1, 0.15) is 11.5 Å². The molecule has 1 aliphatic heterocycles. The smallest absolute Gasteiger partial charge is 0.267 e. The molecule has 0 spiro atoms. The Morgan fingerprint density at radius 3 is 2.64 bits per heavy atom. The SMILES string of the molecule is COc1cc(NC(=O)C2CNc3ccccc3O2)ccc1-n1c(C)ccc1C. The minimum Gasteiger partial charge on any atom is -0.494 e. The van der Waals surface area contributed by atoms with Crippen LogP contribution in [0.15, 0.2) is 54.6 Å². The summed E-state index contributed by atoms with van der Waals surface area (Å²) in [5.41, 5.74) is 4.73. The lowest BCUT2D eigenvalue weighted by molar-refractivity contribution is -0.122. The van der Waals surface area contributed by atoms with Crippen LogP contribution in [0.25, 0.3) is 5.69 Å². The van der Waals surface area contributed by atoms with E-state index in [-0.39, 0.29) is 5.91 Å². The first-order valence-electron chi connectivity index (χ1n) is 9.20. The number of rotatable bonds is 4. The number of hydrogen-bond acceptors (Lipinski definition) is 4. The number of para-hydroxylation sites is 2. The molecule has 0 bridgehead atoms. The Hall–Kier alpha value is -3.41. The molecule has 1 amide bonds. The van der Waals surface area contributed by atoms with Gasteiger partial charge in [-0.25, -0.2) is 0 Å². The van der Waals surface area contributed by atoms with Gasteiger partial charge in [-0.1, -0.05) is 12.1 Å². The number of nitrogens with zero attached hydrogens (tertiary/aromatic N) is 1. The van der Waals surface area contributed by atoms with E-state index in [9.17, 15) is 4.79 Å². The zero-order valence-electron chi connectivity index (χ0n) is 16.2. The van der Waals surface area contributed by atoms with Crippen molar-refractivity contribution in [1.82, 2.24) is 4.57 Å². The number of amides is 1. The molecule has 1 aliphatic rings. The predicted molar refractivity (Wildman–Crippen MR) is 110 cm³/mol. The molecule has 2 heterocycles. The Morgan fingerprint density at radius 1 is 1.14 bits per heavy atom. The highest BCUT2D eigenvalue weighted by Crippen LogP contribution is 2.31. The van der Waals surface area contributed by atoms with Gasteiger partial charge < -0.3 is 24.7 Å². The van der Waals surface area contributed by atoms with E-state index in [4.69, 9.17) is 9.47 Å². The summed E-state index contributed by atoms with van der Waals surface area (Å²) in [7, 11) is 1.63. The Morgan fingerprint density at radius 2 is 1.89 bits per heavy atom. The Kier molecular flexibility index (Phi) is 4.69. The summed E-state index contributed by atoms with van der Waals surface area (Å²) in [5, 5.41) is 6.15. The summed E-state index contributed by atoms with van der Waals surface area (Å²) in [6.45, 7) is 4.51. The van der Waals surface area contributed by atoms with Crippen molar-refractivity contribution in [3.8, 4) is 17.2 Å². The number of fused-ring (bicyclic) bond motifs is 1. The quantitative estimate of drug-likeness (QED) is 0.723. The lowest BCUT2D eigenvalue weighted by atomic mass is 10.2. The maximum absolute atomic E-state index is 12.7. The number of nitrogens with one attached hydrogen (secondary N) is 2. The van der Waals surface area contributed by atoms with Gasteiger partial charge in [0, 0.05) is 23.1 Å². The number of anilines is 2. The zero-order chi connectivity index (χ0) is 19.7. The van der Waals surface area contributed by atoms with Gasteiger partial charge in [0.15, 0.2) is 6.10 Å². The molecule has 1 aromatic heterocycles. The van der Waals surface area contributed by atoms with Crippen LogP contribution in [0.3, 0.4) is 0 Å². The van der Waals surface area contributed by atoms with Crippen molar-refractivity contribution in [3.05, 3.63) is 66.0 Å². The minimum atomic E-state index is -0.602. The van der Waals surface area contributed by atoms with E-state index < -0.39 is 6.10 Å². The summed E-state index contributed by atoms with van der Waals surface area (Å²) >= 11 is 0. The van der Waals surface area contributed by atoms with E-state index in [2.05, 4.69) is 27.3 Å². The third-order valence-corrected chi connectivity index (χ3v) is 4.89. The van der Waals surface area contributed by atoms with Crippen LogP contribution in [0, 0.1) is 13.8 Å². The van der Waals surface area contributed by atoms with Crippen molar-refractivity contribution in [2.75, 3.05) is 24.3 Å². The first-order valence-corrected chi connectivity index (χ1v) is 9.20. The molecule has 6 heteroatoms. The maximum Gasteiger partial charge on any atom is 0.267 e. The average Bonchev–Trinajstić information content (AvgIpc) is 3.05. The van der Waals surface area contributed by atoms with E-state index in [1.807, 2.05) is 56.3 Å². The summed E-state index contributed by atoms with van der Waals surface area (Å²) in [4.78, 5) is 12.7. The molecule has 0 saturated heterocycles. The molecule has 3 aromatic rings. The van der Waals surface area contributed by atoms with Gasteiger partial charge in [-0.2, -0.15) is 0 Å². The van der Waals surface area contributed by atoms with Crippen LogP contribution in [0.1, 0.15) is 11.4 Å². The van der Waals surface area contributed by atoms with E-state index >= 15 is 0 Å². The fourth-order valence-corrected chi connectivity index (χ4v) is 3.47. The zero-order valence-corrected chi connectivity index (χ0v) is 16.2. The summed E-state index contributed by atoms with van der Waals surface area (Å²) < 4.78 is 13.5. The highest BCUT2D eigenvalue weighted by molar-refractivity contribution is 5.95. The normalized spacial score (nSPS) is 15.2. The van der Waals surface area contributed by atoms with Crippen LogP contribution in [-0.4, -0.2) is 30.2 Å².